The molecular formula is C14H9F4IO3. The van der Waals surface area contributed by atoms with Crippen LogP contribution in [-0.4, -0.2) is 16.2 Å². The molecule has 0 bridgehead atoms. The minimum atomic E-state index is -2.17. The first-order chi connectivity index (χ1) is 10.2. The van der Waals surface area contributed by atoms with Gasteiger partial charge in [-0.1, -0.05) is 17.7 Å². The van der Waals surface area contributed by atoms with Gasteiger partial charge in [0, 0.05) is 3.57 Å². The van der Waals surface area contributed by atoms with Crippen LogP contribution in [0.3, 0.4) is 0 Å². The quantitative estimate of drug-likeness (QED) is 0.406. The van der Waals surface area contributed by atoms with Gasteiger partial charge < -0.3 is 10.2 Å². The van der Waals surface area contributed by atoms with Crippen LogP contribution in [0.25, 0.3) is 0 Å². The molecule has 0 amide bonds. The Morgan fingerprint density at radius 1 is 0.955 bits per heavy atom. The summed E-state index contributed by atoms with van der Waals surface area (Å²) in [6, 6.07) is 8.44. The Morgan fingerprint density at radius 2 is 1.36 bits per heavy atom. The monoisotopic (exact) mass is 428 g/mol. The average Bonchev–Trinajstić information content (AvgIpc) is 2.46. The summed E-state index contributed by atoms with van der Waals surface area (Å²) in [5.41, 5.74) is -0.455. The first-order valence-electron chi connectivity index (χ1n) is 5.67. The zero-order valence-corrected chi connectivity index (χ0v) is 13.2. The van der Waals surface area contributed by atoms with Gasteiger partial charge in [-0.15, -0.1) is 0 Å². The Morgan fingerprint density at radius 3 is 1.68 bits per heavy atom. The molecule has 0 saturated heterocycles. The Labute approximate surface area is 136 Å². The van der Waals surface area contributed by atoms with Crippen molar-refractivity contribution >= 4 is 28.6 Å². The van der Waals surface area contributed by atoms with E-state index in [1.54, 1.807) is 0 Å². The first kappa shape index (κ1) is 18.2. The van der Waals surface area contributed by atoms with Gasteiger partial charge in [-0.2, -0.15) is 8.78 Å². The van der Waals surface area contributed by atoms with Crippen molar-refractivity contribution in [2.24, 2.45) is 0 Å². The second-order valence-electron chi connectivity index (χ2n) is 4.08. The Hall–Kier alpha value is -1.84. The SMILES string of the molecule is Cc1ccc(I)cc1.O=C(O)c1c(F)c(F)c(O)c(F)c1F. The Kier molecular flexibility index (Phi) is 6.15. The number of carboxylic acid groups (broad SMARTS) is 1. The van der Waals surface area contributed by atoms with E-state index in [1.165, 1.54) is 9.13 Å². The lowest BCUT2D eigenvalue weighted by Gasteiger charge is -2.04. The third kappa shape index (κ3) is 4.09. The summed E-state index contributed by atoms with van der Waals surface area (Å²) < 4.78 is 51.6. The maximum atomic E-state index is 12.6. The number of aromatic carboxylic acids is 1. The molecule has 2 aromatic rings. The van der Waals surface area contributed by atoms with Crippen LogP contribution in [0.5, 0.6) is 5.75 Å². The zero-order chi connectivity index (χ0) is 17.0. The summed E-state index contributed by atoms with van der Waals surface area (Å²) in [4.78, 5) is 10.2. The smallest absolute Gasteiger partial charge is 0.341 e. The third-order valence-electron chi connectivity index (χ3n) is 2.46. The normalized spacial score (nSPS) is 9.91. The van der Waals surface area contributed by atoms with Gasteiger partial charge in [-0.25, -0.2) is 13.6 Å². The molecule has 0 fully saturated rings. The van der Waals surface area contributed by atoms with Crippen LogP contribution in [0, 0.1) is 33.8 Å². The van der Waals surface area contributed by atoms with Gasteiger partial charge in [-0.05, 0) is 41.6 Å². The number of halogens is 5. The van der Waals surface area contributed by atoms with Crippen LogP contribution in [0.15, 0.2) is 24.3 Å². The Balaban J connectivity index is 0.000000255. The Bertz CT molecular complexity index is 652. The third-order valence-corrected chi connectivity index (χ3v) is 3.18. The summed E-state index contributed by atoms with van der Waals surface area (Å²) in [7, 11) is 0. The van der Waals surface area contributed by atoms with E-state index in [-0.39, 0.29) is 0 Å². The molecule has 0 unspecified atom stereocenters. The van der Waals surface area contributed by atoms with Crippen LogP contribution < -0.4 is 0 Å². The van der Waals surface area contributed by atoms with Crippen molar-refractivity contribution in [3.8, 4) is 5.75 Å². The number of phenolic OH excluding ortho intramolecular Hbond substituents is 1. The van der Waals surface area contributed by atoms with E-state index >= 15 is 0 Å². The van der Waals surface area contributed by atoms with Gasteiger partial charge in [0.25, 0.3) is 0 Å². The number of aromatic hydroxyl groups is 1. The highest BCUT2D eigenvalue weighted by molar-refractivity contribution is 14.1. The van der Waals surface area contributed by atoms with Gasteiger partial charge in [-0.3, -0.25) is 0 Å². The molecule has 0 aliphatic rings. The highest BCUT2D eigenvalue weighted by atomic mass is 127. The molecule has 22 heavy (non-hydrogen) atoms. The molecule has 0 aliphatic heterocycles. The van der Waals surface area contributed by atoms with Gasteiger partial charge in [0.1, 0.15) is 5.56 Å². The van der Waals surface area contributed by atoms with E-state index in [9.17, 15) is 22.4 Å². The van der Waals surface area contributed by atoms with Crippen LogP contribution >= 0.6 is 22.6 Å². The highest BCUT2D eigenvalue weighted by Crippen LogP contribution is 2.28. The predicted octanol–water partition coefficient (Wildman–Crippen LogP) is 4.25. The van der Waals surface area contributed by atoms with Crippen LogP contribution in [-0.2, 0) is 0 Å². The number of benzene rings is 2. The summed E-state index contributed by atoms with van der Waals surface area (Å²) >= 11 is 2.30. The number of carbonyl (C=O) groups is 1. The molecule has 2 aromatic carbocycles. The molecule has 0 aromatic heterocycles. The number of hydrogen-bond donors (Lipinski definition) is 2. The van der Waals surface area contributed by atoms with Crippen molar-refractivity contribution in [3.05, 3.63) is 62.2 Å². The van der Waals surface area contributed by atoms with Gasteiger partial charge in [0.15, 0.2) is 17.4 Å². The van der Waals surface area contributed by atoms with Crippen molar-refractivity contribution < 1.29 is 32.6 Å². The van der Waals surface area contributed by atoms with Crippen molar-refractivity contribution in [2.75, 3.05) is 0 Å². The van der Waals surface area contributed by atoms with E-state index in [0.717, 1.165) is 0 Å². The van der Waals surface area contributed by atoms with Gasteiger partial charge >= 0.3 is 5.97 Å². The second kappa shape index (κ2) is 7.43. The molecule has 0 radical (unpaired) electrons. The topological polar surface area (TPSA) is 57.5 Å². The second-order valence-corrected chi connectivity index (χ2v) is 5.33. The zero-order valence-electron chi connectivity index (χ0n) is 11.0. The van der Waals surface area contributed by atoms with Gasteiger partial charge in [0.05, 0.1) is 0 Å². The maximum Gasteiger partial charge on any atom is 0.341 e. The molecule has 0 atom stereocenters. The molecule has 2 N–H and O–H groups in total. The molecule has 0 spiro atoms. The highest BCUT2D eigenvalue weighted by Gasteiger charge is 2.28. The minimum absolute atomic E-state index is 1.30. The minimum Gasteiger partial charge on any atom is -0.503 e. The standard InChI is InChI=1S/C7H2F4O3.C7H7I/c8-2-1(7(13)14)3(9)5(11)6(12)4(2)10;1-6-2-4-7(8)5-3-6/h12H,(H,13,14);2-5H,1H3. The lowest BCUT2D eigenvalue weighted by Crippen LogP contribution is -2.09. The molecule has 8 heteroatoms. The maximum absolute atomic E-state index is 12.6. The molecule has 3 nitrogen and oxygen atoms in total. The number of aryl methyl sites for hydroxylation is 1. The van der Waals surface area contributed by atoms with Crippen LogP contribution in [0.4, 0.5) is 17.6 Å². The van der Waals surface area contributed by atoms with Gasteiger partial charge in [0.2, 0.25) is 11.6 Å². The fourth-order valence-corrected chi connectivity index (χ4v) is 1.70. The van der Waals surface area contributed by atoms with Crippen LogP contribution in [0.1, 0.15) is 15.9 Å². The van der Waals surface area contributed by atoms with Crippen molar-refractivity contribution in [1.29, 1.82) is 0 Å². The molecular weight excluding hydrogens is 419 g/mol. The molecule has 118 valence electrons. The van der Waals surface area contributed by atoms with E-state index in [4.69, 9.17) is 10.2 Å². The number of hydrogen-bond acceptors (Lipinski definition) is 2. The lowest BCUT2D eigenvalue weighted by molar-refractivity contribution is 0.0683. The fraction of sp³-hybridized carbons (Fsp3) is 0.0714. The lowest BCUT2D eigenvalue weighted by atomic mass is 10.1. The molecule has 0 saturated carbocycles. The fourth-order valence-electron chi connectivity index (χ4n) is 1.34. The van der Waals surface area contributed by atoms with E-state index < -0.39 is 40.6 Å². The summed E-state index contributed by atoms with van der Waals surface area (Å²) in [6.07, 6.45) is 0. The average molecular weight is 428 g/mol. The molecule has 0 aliphatic carbocycles. The first-order valence-corrected chi connectivity index (χ1v) is 6.75. The van der Waals surface area contributed by atoms with Crippen molar-refractivity contribution in [2.45, 2.75) is 6.92 Å². The van der Waals surface area contributed by atoms with E-state index in [0.29, 0.717) is 0 Å². The van der Waals surface area contributed by atoms with E-state index in [2.05, 4.69) is 53.8 Å². The summed E-state index contributed by atoms with van der Waals surface area (Å²) in [6.45, 7) is 2.09. The largest absolute Gasteiger partial charge is 0.503 e. The number of carboxylic acids is 1. The summed E-state index contributed by atoms with van der Waals surface area (Å²) in [5, 5.41) is 16.6. The predicted molar refractivity (Wildman–Crippen MR) is 78.8 cm³/mol. The van der Waals surface area contributed by atoms with Crippen molar-refractivity contribution in [1.82, 2.24) is 0 Å². The van der Waals surface area contributed by atoms with E-state index in [1.807, 2.05) is 0 Å². The van der Waals surface area contributed by atoms with Crippen LogP contribution in [0.2, 0.25) is 0 Å². The summed E-state index contributed by atoms with van der Waals surface area (Å²) in [5.74, 6) is -12.6. The molecule has 0 heterocycles. The number of phenols is 1. The number of rotatable bonds is 1. The van der Waals surface area contributed by atoms with Crippen molar-refractivity contribution in [3.63, 3.8) is 0 Å². The molecule has 2 rings (SSSR count).